The van der Waals surface area contributed by atoms with Gasteiger partial charge in [0, 0.05) is 11.8 Å². The summed E-state index contributed by atoms with van der Waals surface area (Å²) < 4.78 is 42.7. The van der Waals surface area contributed by atoms with Crippen LogP contribution in [0.25, 0.3) is 11.1 Å². The van der Waals surface area contributed by atoms with Gasteiger partial charge in [-0.2, -0.15) is 13.2 Å². The van der Waals surface area contributed by atoms with Crippen LogP contribution in [0.2, 0.25) is 10.0 Å². The molecule has 1 aromatic carbocycles. The Balaban J connectivity index is 1.91. The van der Waals surface area contributed by atoms with Crippen LogP contribution in [0.1, 0.15) is 36.0 Å². The Hall–Kier alpha value is -2.03. The molecule has 162 valence electrons. The molecule has 1 amide bonds. The van der Waals surface area contributed by atoms with Crippen LogP contribution in [0, 0.1) is 0 Å². The Morgan fingerprint density at radius 1 is 1.20 bits per heavy atom. The molecular weight excluding hydrogens is 444 g/mol. The fraction of sp³-hybridized carbons (Fsp3) is 0.400. The zero-order valence-corrected chi connectivity index (χ0v) is 17.2. The molecule has 1 aromatic heterocycles. The number of hydrogen-bond donors (Lipinski definition) is 2. The molecule has 3 rings (SSSR count). The van der Waals surface area contributed by atoms with Crippen LogP contribution in [0.5, 0.6) is 5.88 Å². The van der Waals surface area contributed by atoms with Crippen molar-refractivity contribution in [2.45, 2.75) is 44.0 Å². The summed E-state index contributed by atoms with van der Waals surface area (Å²) in [5, 5.41) is 13.3. The van der Waals surface area contributed by atoms with Crippen LogP contribution in [-0.2, 0) is 0 Å². The van der Waals surface area contributed by atoms with E-state index in [1.807, 2.05) is 0 Å². The summed E-state index contributed by atoms with van der Waals surface area (Å²) in [4.78, 5) is 16.6. The molecule has 1 aliphatic rings. The summed E-state index contributed by atoms with van der Waals surface area (Å²) in [5.74, 6) is -0.780. The maximum atomic E-state index is 12.7. The molecular formula is C20H19Cl2F3N2O3. The van der Waals surface area contributed by atoms with Gasteiger partial charge in [0.05, 0.1) is 27.8 Å². The van der Waals surface area contributed by atoms with Crippen molar-refractivity contribution in [2.24, 2.45) is 0 Å². The molecule has 1 fully saturated rings. The molecule has 30 heavy (non-hydrogen) atoms. The third-order valence-corrected chi connectivity index (χ3v) is 5.50. The highest BCUT2D eigenvalue weighted by atomic mass is 35.5. The number of aromatic nitrogens is 1. The standard InChI is InChI=1S/C20H19Cl2F3N2O3/c21-14-6-5-11(8-15(14)22)13-7-12(9-26-19(13)30-10-20(23,24)25)18(29)27-16-3-1-2-4-17(16)28/h5-9,16-17,28H,1-4,10H2,(H,27,29)/t16-,17-/m0/s1. The summed E-state index contributed by atoms with van der Waals surface area (Å²) in [5.41, 5.74) is 0.671. The molecule has 0 saturated heterocycles. The van der Waals surface area contributed by atoms with Crippen LogP contribution < -0.4 is 10.1 Å². The van der Waals surface area contributed by atoms with Gasteiger partial charge in [-0.15, -0.1) is 0 Å². The minimum atomic E-state index is -4.55. The third-order valence-electron chi connectivity index (χ3n) is 4.76. The Morgan fingerprint density at radius 2 is 1.93 bits per heavy atom. The highest BCUT2D eigenvalue weighted by Crippen LogP contribution is 2.34. The number of carbonyl (C=O) groups excluding carboxylic acids is 1. The van der Waals surface area contributed by atoms with E-state index in [2.05, 4.69) is 10.3 Å². The minimum Gasteiger partial charge on any atom is -0.468 e. The van der Waals surface area contributed by atoms with E-state index < -0.39 is 24.8 Å². The summed E-state index contributed by atoms with van der Waals surface area (Å²) in [6, 6.07) is 5.47. The van der Waals surface area contributed by atoms with Crippen molar-refractivity contribution in [3.8, 4) is 17.0 Å². The molecule has 0 aliphatic heterocycles. The van der Waals surface area contributed by atoms with Crippen molar-refractivity contribution in [1.29, 1.82) is 0 Å². The van der Waals surface area contributed by atoms with Gasteiger partial charge in [-0.1, -0.05) is 42.1 Å². The first-order valence-electron chi connectivity index (χ1n) is 9.28. The molecule has 2 aromatic rings. The number of aliphatic hydroxyl groups is 1. The molecule has 10 heteroatoms. The van der Waals surface area contributed by atoms with E-state index in [1.54, 1.807) is 0 Å². The minimum absolute atomic E-state index is 0.119. The number of carbonyl (C=O) groups is 1. The lowest BCUT2D eigenvalue weighted by Gasteiger charge is -2.28. The summed E-state index contributed by atoms with van der Waals surface area (Å²) >= 11 is 12.0. The van der Waals surface area contributed by atoms with Gasteiger partial charge in [0.1, 0.15) is 0 Å². The van der Waals surface area contributed by atoms with E-state index in [4.69, 9.17) is 27.9 Å². The number of benzene rings is 1. The van der Waals surface area contributed by atoms with Gasteiger partial charge >= 0.3 is 6.18 Å². The maximum absolute atomic E-state index is 12.7. The van der Waals surface area contributed by atoms with E-state index in [1.165, 1.54) is 24.3 Å². The fourth-order valence-electron chi connectivity index (χ4n) is 3.24. The van der Waals surface area contributed by atoms with Gasteiger partial charge < -0.3 is 15.2 Å². The van der Waals surface area contributed by atoms with Crippen LogP contribution >= 0.6 is 23.2 Å². The van der Waals surface area contributed by atoms with Crippen LogP contribution in [0.4, 0.5) is 13.2 Å². The Labute approximate surface area is 181 Å². The molecule has 1 aliphatic carbocycles. The number of nitrogens with one attached hydrogen (secondary N) is 1. The topological polar surface area (TPSA) is 71.5 Å². The molecule has 2 atom stereocenters. The monoisotopic (exact) mass is 462 g/mol. The Bertz CT molecular complexity index is 925. The molecule has 2 N–H and O–H groups in total. The summed E-state index contributed by atoms with van der Waals surface area (Å²) in [6.07, 6.45) is -1.03. The van der Waals surface area contributed by atoms with Gasteiger partial charge in [0.2, 0.25) is 5.88 Å². The number of alkyl halides is 3. The zero-order valence-electron chi connectivity index (χ0n) is 15.7. The van der Waals surface area contributed by atoms with Crippen LogP contribution in [0.3, 0.4) is 0 Å². The average molecular weight is 463 g/mol. The quantitative estimate of drug-likeness (QED) is 0.653. The average Bonchev–Trinajstić information content (AvgIpc) is 2.69. The lowest BCUT2D eigenvalue weighted by atomic mass is 9.92. The third kappa shape index (κ3) is 5.77. The predicted molar refractivity (Wildman–Crippen MR) is 107 cm³/mol. The number of ether oxygens (including phenoxy) is 1. The number of rotatable bonds is 5. The highest BCUT2D eigenvalue weighted by Gasteiger charge is 2.30. The Kier molecular flexibility index (Phi) is 7.10. The number of aliphatic hydroxyl groups excluding tert-OH is 1. The zero-order chi connectivity index (χ0) is 21.9. The van der Waals surface area contributed by atoms with Crippen molar-refractivity contribution in [1.82, 2.24) is 10.3 Å². The van der Waals surface area contributed by atoms with Gasteiger partial charge in [-0.25, -0.2) is 4.98 Å². The molecule has 0 unspecified atom stereocenters. The second-order valence-electron chi connectivity index (χ2n) is 7.04. The van der Waals surface area contributed by atoms with Crippen molar-refractivity contribution < 1.29 is 27.8 Å². The second-order valence-corrected chi connectivity index (χ2v) is 7.86. The first-order chi connectivity index (χ1) is 14.1. The SMILES string of the molecule is O=C(N[C@H]1CCCC[C@@H]1O)c1cnc(OCC(F)(F)F)c(-c2ccc(Cl)c(Cl)c2)c1. The van der Waals surface area contributed by atoms with Crippen molar-refractivity contribution in [2.75, 3.05) is 6.61 Å². The number of hydrogen-bond acceptors (Lipinski definition) is 4. The first-order valence-corrected chi connectivity index (χ1v) is 10.0. The number of halogens is 5. The molecule has 5 nitrogen and oxygen atoms in total. The number of amides is 1. The van der Waals surface area contributed by atoms with Gasteiger partial charge in [-0.3, -0.25) is 4.79 Å². The van der Waals surface area contributed by atoms with Gasteiger partial charge in [0.15, 0.2) is 6.61 Å². The second kappa shape index (κ2) is 9.41. The van der Waals surface area contributed by atoms with Crippen LogP contribution in [-0.4, -0.2) is 40.9 Å². The van der Waals surface area contributed by atoms with E-state index >= 15 is 0 Å². The lowest BCUT2D eigenvalue weighted by Crippen LogP contribution is -2.45. The van der Waals surface area contributed by atoms with E-state index in [-0.39, 0.29) is 33.1 Å². The molecule has 0 spiro atoms. The predicted octanol–water partition coefficient (Wildman–Crippen LogP) is 5.03. The fourth-order valence-corrected chi connectivity index (χ4v) is 3.54. The largest absolute Gasteiger partial charge is 0.468 e. The Morgan fingerprint density at radius 3 is 2.60 bits per heavy atom. The molecule has 0 radical (unpaired) electrons. The van der Waals surface area contributed by atoms with Crippen molar-refractivity contribution in [3.05, 3.63) is 46.1 Å². The highest BCUT2D eigenvalue weighted by molar-refractivity contribution is 6.42. The maximum Gasteiger partial charge on any atom is 0.422 e. The van der Waals surface area contributed by atoms with E-state index in [9.17, 15) is 23.1 Å². The van der Waals surface area contributed by atoms with Crippen molar-refractivity contribution >= 4 is 29.1 Å². The van der Waals surface area contributed by atoms with E-state index in [0.717, 1.165) is 19.0 Å². The van der Waals surface area contributed by atoms with Crippen LogP contribution in [0.15, 0.2) is 30.5 Å². The molecule has 0 bridgehead atoms. The first kappa shape index (κ1) is 22.7. The molecule has 1 heterocycles. The smallest absolute Gasteiger partial charge is 0.422 e. The summed E-state index contributed by atoms with van der Waals surface area (Å²) in [7, 11) is 0. The number of nitrogens with zero attached hydrogens (tertiary/aromatic N) is 1. The van der Waals surface area contributed by atoms with Gasteiger partial charge in [0.25, 0.3) is 5.91 Å². The normalized spacial score (nSPS) is 19.4. The van der Waals surface area contributed by atoms with Crippen molar-refractivity contribution in [3.63, 3.8) is 0 Å². The van der Waals surface area contributed by atoms with Gasteiger partial charge in [-0.05, 0) is 36.6 Å². The lowest BCUT2D eigenvalue weighted by molar-refractivity contribution is -0.154. The number of pyridine rings is 1. The molecule has 1 saturated carbocycles. The van der Waals surface area contributed by atoms with E-state index in [0.29, 0.717) is 18.4 Å². The summed E-state index contributed by atoms with van der Waals surface area (Å²) in [6.45, 7) is -1.53.